The third kappa shape index (κ3) is 10.1. The molecule has 0 radical (unpaired) electrons. The fourth-order valence-corrected chi connectivity index (χ4v) is 1.21. The fraction of sp³-hybridized carbons (Fsp3) is 1.00. The molecule has 0 atom stereocenters. The highest BCUT2D eigenvalue weighted by atomic mass is 15.0. The van der Waals surface area contributed by atoms with Crippen LogP contribution in [0.4, 0.5) is 0 Å². The van der Waals surface area contributed by atoms with Gasteiger partial charge in [-0.2, -0.15) is 0 Å². The Hall–Kier alpha value is -0.160. The van der Waals surface area contributed by atoms with Crippen LogP contribution in [0.1, 0.15) is 39.5 Å². The van der Waals surface area contributed by atoms with Crippen molar-refractivity contribution in [2.45, 2.75) is 45.2 Å². The Morgan fingerprint density at radius 3 is 2.13 bits per heavy atom. The molecule has 0 aromatic heterocycles. The van der Waals surface area contributed by atoms with E-state index in [-0.39, 0.29) is 0 Å². The molecule has 0 unspecified atom stereocenters. The third-order valence-corrected chi connectivity index (χ3v) is 2.53. The van der Waals surface area contributed by atoms with Crippen LogP contribution >= 0.6 is 0 Å². The summed E-state index contributed by atoms with van der Waals surface area (Å²) in [6.07, 6.45) is 4.45. The van der Waals surface area contributed by atoms with Crippen molar-refractivity contribution in [1.82, 2.24) is 10.6 Å². The van der Waals surface area contributed by atoms with Gasteiger partial charge in [-0.25, -0.2) is 0 Å². The predicted molar refractivity (Wildman–Crippen MR) is 66.7 cm³/mol. The summed E-state index contributed by atoms with van der Waals surface area (Å²) in [7, 11) is 0. The van der Waals surface area contributed by atoms with Crippen LogP contribution in [0.15, 0.2) is 0 Å². The van der Waals surface area contributed by atoms with Crippen molar-refractivity contribution < 1.29 is 0 Å². The summed E-state index contributed by atoms with van der Waals surface area (Å²) in [5.74, 6) is 0. The molecule has 0 aromatic carbocycles. The van der Waals surface area contributed by atoms with Gasteiger partial charge in [0.25, 0.3) is 0 Å². The van der Waals surface area contributed by atoms with Crippen LogP contribution < -0.4 is 22.1 Å². The van der Waals surface area contributed by atoms with Gasteiger partial charge in [0.2, 0.25) is 0 Å². The standard InChI is InChI=1S/C11H28N4/c1-3-5-7-14-8-6-9-15-10-11(12,13)4-2/h14-15H,3-10,12-13H2,1-2H3. The molecule has 0 aliphatic heterocycles. The molecule has 0 spiro atoms. The summed E-state index contributed by atoms with van der Waals surface area (Å²) in [5, 5.41) is 6.67. The predicted octanol–water partition coefficient (Wildman–Crippen LogP) is 0.380. The Kier molecular flexibility index (Phi) is 9.00. The van der Waals surface area contributed by atoms with Crippen molar-refractivity contribution in [2.24, 2.45) is 11.5 Å². The van der Waals surface area contributed by atoms with Crippen LogP contribution in [0.25, 0.3) is 0 Å². The zero-order valence-electron chi connectivity index (χ0n) is 10.3. The minimum absolute atomic E-state index is 0.546. The van der Waals surface area contributed by atoms with Crippen LogP contribution in [0, 0.1) is 0 Å². The highest BCUT2D eigenvalue weighted by Gasteiger charge is 2.14. The van der Waals surface area contributed by atoms with Gasteiger partial charge in [-0.1, -0.05) is 20.3 Å². The maximum absolute atomic E-state index is 5.80. The van der Waals surface area contributed by atoms with Gasteiger partial charge in [0.15, 0.2) is 0 Å². The largest absolute Gasteiger partial charge is 0.317 e. The Bertz CT molecular complexity index is 137. The summed E-state index contributed by atoms with van der Waals surface area (Å²) < 4.78 is 0. The Morgan fingerprint density at radius 1 is 0.933 bits per heavy atom. The number of nitrogens with one attached hydrogen (secondary N) is 2. The molecule has 0 saturated carbocycles. The molecule has 0 aliphatic carbocycles. The number of nitrogens with two attached hydrogens (primary N) is 2. The van der Waals surface area contributed by atoms with Gasteiger partial charge in [-0.05, 0) is 38.9 Å². The number of rotatable bonds is 10. The molecule has 4 heteroatoms. The molecule has 0 bridgehead atoms. The smallest absolute Gasteiger partial charge is 0.0762 e. The summed E-state index contributed by atoms with van der Waals surface area (Å²) in [5.41, 5.74) is 11.0. The zero-order chi connectivity index (χ0) is 11.6. The van der Waals surface area contributed by atoms with Crippen molar-refractivity contribution in [2.75, 3.05) is 26.2 Å². The molecule has 0 rings (SSSR count). The van der Waals surface area contributed by atoms with Gasteiger partial charge in [-0.15, -0.1) is 0 Å². The van der Waals surface area contributed by atoms with Crippen LogP contribution in [-0.2, 0) is 0 Å². The van der Waals surface area contributed by atoms with E-state index in [1.807, 2.05) is 6.92 Å². The van der Waals surface area contributed by atoms with Crippen molar-refractivity contribution in [1.29, 1.82) is 0 Å². The van der Waals surface area contributed by atoms with Gasteiger partial charge in [0, 0.05) is 6.54 Å². The van der Waals surface area contributed by atoms with Crippen molar-refractivity contribution >= 4 is 0 Å². The molecule has 6 N–H and O–H groups in total. The first-order valence-electron chi connectivity index (χ1n) is 6.11. The molecule has 0 saturated heterocycles. The fourth-order valence-electron chi connectivity index (χ4n) is 1.21. The first-order valence-corrected chi connectivity index (χ1v) is 6.11. The molecule has 0 aromatic rings. The second-order valence-corrected chi connectivity index (χ2v) is 4.22. The van der Waals surface area contributed by atoms with Crippen LogP contribution in [0.2, 0.25) is 0 Å². The quantitative estimate of drug-likeness (QED) is 0.314. The van der Waals surface area contributed by atoms with Gasteiger partial charge in [-0.3, -0.25) is 0 Å². The van der Waals surface area contributed by atoms with Gasteiger partial charge in [0.1, 0.15) is 0 Å². The Morgan fingerprint density at radius 2 is 1.53 bits per heavy atom. The monoisotopic (exact) mass is 216 g/mol. The highest BCUT2D eigenvalue weighted by molar-refractivity contribution is 4.77. The van der Waals surface area contributed by atoms with E-state index in [2.05, 4.69) is 17.6 Å². The minimum atomic E-state index is -0.546. The lowest BCUT2D eigenvalue weighted by Crippen LogP contribution is -2.56. The average molecular weight is 216 g/mol. The molecule has 0 amide bonds. The van der Waals surface area contributed by atoms with Crippen LogP contribution in [0.5, 0.6) is 0 Å². The molecule has 4 nitrogen and oxygen atoms in total. The van der Waals surface area contributed by atoms with Crippen molar-refractivity contribution in [3.05, 3.63) is 0 Å². The summed E-state index contributed by atoms with van der Waals surface area (Å²) in [4.78, 5) is 0. The highest BCUT2D eigenvalue weighted by Crippen LogP contribution is 1.93. The van der Waals surface area contributed by atoms with E-state index in [4.69, 9.17) is 11.5 Å². The lowest BCUT2D eigenvalue weighted by atomic mass is 10.1. The second kappa shape index (κ2) is 9.09. The maximum atomic E-state index is 5.80. The van der Waals surface area contributed by atoms with E-state index in [0.717, 1.165) is 32.5 Å². The average Bonchev–Trinajstić information content (AvgIpc) is 2.22. The summed E-state index contributed by atoms with van der Waals surface area (Å²) in [6.45, 7) is 8.09. The van der Waals surface area contributed by atoms with Crippen LogP contribution in [-0.4, -0.2) is 31.8 Å². The van der Waals surface area contributed by atoms with E-state index in [0.29, 0.717) is 6.54 Å². The van der Waals surface area contributed by atoms with Crippen LogP contribution in [0.3, 0.4) is 0 Å². The normalized spacial score (nSPS) is 12.0. The topological polar surface area (TPSA) is 76.1 Å². The summed E-state index contributed by atoms with van der Waals surface area (Å²) >= 11 is 0. The Balaban J connectivity index is 3.11. The third-order valence-electron chi connectivity index (χ3n) is 2.53. The summed E-state index contributed by atoms with van der Waals surface area (Å²) in [6, 6.07) is 0. The molecule has 0 aliphatic rings. The van der Waals surface area contributed by atoms with Crippen molar-refractivity contribution in [3.8, 4) is 0 Å². The lowest BCUT2D eigenvalue weighted by Gasteiger charge is -2.22. The molecule has 15 heavy (non-hydrogen) atoms. The first kappa shape index (κ1) is 14.8. The second-order valence-electron chi connectivity index (χ2n) is 4.22. The van der Waals surface area contributed by atoms with Gasteiger partial charge >= 0.3 is 0 Å². The van der Waals surface area contributed by atoms with E-state index < -0.39 is 5.66 Å². The van der Waals surface area contributed by atoms with E-state index >= 15 is 0 Å². The number of unbranched alkanes of at least 4 members (excludes halogenated alkanes) is 1. The van der Waals surface area contributed by atoms with Crippen molar-refractivity contribution in [3.63, 3.8) is 0 Å². The molecular formula is C11H28N4. The van der Waals surface area contributed by atoms with Gasteiger partial charge in [0.05, 0.1) is 5.66 Å². The van der Waals surface area contributed by atoms with E-state index in [9.17, 15) is 0 Å². The SMILES string of the molecule is CCCCNCCCNCC(N)(N)CC. The van der Waals surface area contributed by atoms with Gasteiger partial charge < -0.3 is 22.1 Å². The molecule has 92 valence electrons. The Labute approximate surface area is 94.2 Å². The zero-order valence-corrected chi connectivity index (χ0v) is 10.3. The number of hydrogen-bond donors (Lipinski definition) is 4. The molecule has 0 heterocycles. The maximum Gasteiger partial charge on any atom is 0.0762 e. The number of hydrogen-bond acceptors (Lipinski definition) is 4. The van der Waals surface area contributed by atoms with E-state index in [1.54, 1.807) is 0 Å². The van der Waals surface area contributed by atoms with E-state index in [1.165, 1.54) is 12.8 Å². The molecule has 0 fully saturated rings. The first-order chi connectivity index (χ1) is 7.12. The minimum Gasteiger partial charge on any atom is -0.317 e. The lowest BCUT2D eigenvalue weighted by molar-refractivity contribution is 0.393. The molecular weight excluding hydrogens is 188 g/mol.